The van der Waals surface area contributed by atoms with Crippen LogP contribution in [0.3, 0.4) is 0 Å². The summed E-state index contributed by atoms with van der Waals surface area (Å²) in [5.41, 5.74) is 4.01. The SMILES string of the molecule is N#Cc1ccc(CN2CCC(Nc3cccc(CO)c3)CC2)cc1. The first kappa shape index (κ1) is 16.5. The van der Waals surface area contributed by atoms with Crippen molar-refractivity contribution in [1.82, 2.24) is 4.90 Å². The molecule has 1 fully saturated rings. The molecule has 24 heavy (non-hydrogen) atoms. The number of hydrogen-bond acceptors (Lipinski definition) is 4. The van der Waals surface area contributed by atoms with E-state index in [0.717, 1.165) is 43.7 Å². The number of nitrogens with one attached hydrogen (secondary N) is 1. The molecule has 0 aliphatic carbocycles. The fourth-order valence-corrected chi connectivity index (χ4v) is 3.17. The summed E-state index contributed by atoms with van der Waals surface area (Å²) in [7, 11) is 0. The van der Waals surface area contributed by atoms with Gasteiger partial charge in [0.25, 0.3) is 0 Å². The second-order valence-corrected chi connectivity index (χ2v) is 6.36. The van der Waals surface area contributed by atoms with Gasteiger partial charge in [-0.1, -0.05) is 24.3 Å². The van der Waals surface area contributed by atoms with Crippen LogP contribution in [0, 0.1) is 11.3 Å². The maximum absolute atomic E-state index is 9.22. The van der Waals surface area contributed by atoms with Crippen molar-refractivity contribution in [2.24, 2.45) is 0 Å². The Hall–Kier alpha value is -2.35. The van der Waals surface area contributed by atoms with Crippen LogP contribution < -0.4 is 5.32 Å². The van der Waals surface area contributed by atoms with E-state index >= 15 is 0 Å². The van der Waals surface area contributed by atoms with E-state index in [0.29, 0.717) is 11.6 Å². The minimum absolute atomic E-state index is 0.0819. The predicted molar refractivity (Wildman–Crippen MR) is 95.4 cm³/mol. The second kappa shape index (κ2) is 7.96. The second-order valence-electron chi connectivity index (χ2n) is 6.36. The molecule has 0 spiro atoms. The van der Waals surface area contributed by atoms with Crippen LogP contribution in [-0.2, 0) is 13.2 Å². The fraction of sp³-hybridized carbons (Fsp3) is 0.350. The summed E-state index contributed by atoms with van der Waals surface area (Å²) in [6.45, 7) is 3.16. The number of benzene rings is 2. The molecule has 2 aromatic rings. The average Bonchev–Trinajstić information content (AvgIpc) is 2.64. The zero-order valence-corrected chi connectivity index (χ0v) is 13.8. The highest BCUT2D eigenvalue weighted by molar-refractivity contribution is 5.46. The van der Waals surface area contributed by atoms with Crippen molar-refractivity contribution < 1.29 is 5.11 Å². The first-order valence-corrected chi connectivity index (χ1v) is 8.44. The zero-order chi connectivity index (χ0) is 16.8. The molecule has 1 aliphatic heterocycles. The van der Waals surface area contributed by atoms with E-state index in [1.807, 2.05) is 42.5 Å². The summed E-state index contributed by atoms with van der Waals surface area (Å²) in [5, 5.41) is 21.7. The summed E-state index contributed by atoms with van der Waals surface area (Å²) in [4.78, 5) is 2.46. The first-order chi connectivity index (χ1) is 11.8. The minimum atomic E-state index is 0.0819. The molecule has 0 bridgehead atoms. The van der Waals surface area contributed by atoms with Crippen LogP contribution in [0.2, 0.25) is 0 Å². The lowest BCUT2D eigenvalue weighted by molar-refractivity contribution is 0.211. The normalized spacial score (nSPS) is 15.8. The van der Waals surface area contributed by atoms with Gasteiger partial charge in [-0.15, -0.1) is 0 Å². The van der Waals surface area contributed by atoms with Gasteiger partial charge in [-0.05, 0) is 48.2 Å². The van der Waals surface area contributed by atoms with Crippen molar-refractivity contribution in [2.75, 3.05) is 18.4 Å². The Morgan fingerprint density at radius 3 is 2.50 bits per heavy atom. The van der Waals surface area contributed by atoms with Crippen molar-refractivity contribution in [3.8, 4) is 6.07 Å². The molecule has 124 valence electrons. The molecule has 1 aliphatic rings. The van der Waals surface area contributed by atoms with E-state index in [2.05, 4.69) is 22.4 Å². The summed E-state index contributed by atoms with van der Waals surface area (Å²) in [6.07, 6.45) is 2.22. The van der Waals surface area contributed by atoms with Gasteiger partial charge >= 0.3 is 0 Å². The van der Waals surface area contributed by atoms with Crippen LogP contribution in [0.5, 0.6) is 0 Å². The van der Waals surface area contributed by atoms with Crippen molar-refractivity contribution in [2.45, 2.75) is 32.0 Å². The summed E-state index contributed by atoms with van der Waals surface area (Å²) < 4.78 is 0. The van der Waals surface area contributed by atoms with Crippen LogP contribution in [0.25, 0.3) is 0 Å². The molecule has 0 amide bonds. The molecule has 3 rings (SSSR count). The third kappa shape index (κ3) is 4.35. The monoisotopic (exact) mass is 321 g/mol. The number of rotatable bonds is 5. The van der Waals surface area contributed by atoms with Gasteiger partial charge in [0.1, 0.15) is 0 Å². The first-order valence-electron chi connectivity index (χ1n) is 8.44. The summed E-state index contributed by atoms with van der Waals surface area (Å²) in [6, 6.07) is 18.5. The van der Waals surface area contributed by atoms with Gasteiger partial charge in [-0.2, -0.15) is 5.26 Å². The van der Waals surface area contributed by atoms with Crippen molar-refractivity contribution in [1.29, 1.82) is 5.26 Å². The number of nitriles is 1. The lowest BCUT2D eigenvalue weighted by Gasteiger charge is -2.33. The lowest BCUT2D eigenvalue weighted by atomic mass is 10.0. The minimum Gasteiger partial charge on any atom is -0.392 e. The van der Waals surface area contributed by atoms with Gasteiger partial charge in [0.15, 0.2) is 0 Å². The smallest absolute Gasteiger partial charge is 0.0991 e. The Morgan fingerprint density at radius 2 is 1.83 bits per heavy atom. The number of piperidine rings is 1. The van der Waals surface area contributed by atoms with Crippen molar-refractivity contribution in [3.63, 3.8) is 0 Å². The Balaban J connectivity index is 1.49. The Morgan fingerprint density at radius 1 is 1.08 bits per heavy atom. The lowest BCUT2D eigenvalue weighted by Crippen LogP contribution is -2.38. The highest BCUT2D eigenvalue weighted by atomic mass is 16.3. The number of hydrogen-bond donors (Lipinski definition) is 2. The number of anilines is 1. The maximum atomic E-state index is 9.22. The summed E-state index contributed by atoms with van der Waals surface area (Å²) >= 11 is 0. The van der Waals surface area contributed by atoms with E-state index in [1.54, 1.807) is 0 Å². The van der Waals surface area contributed by atoms with Crippen molar-refractivity contribution in [3.05, 3.63) is 65.2 Å². The zero-order valence-electron chi connectivity index (χ0n) is 13.8. The molecule has 0 saturated carbocycles. The molecular weight excluding hydrogens is 298 g/mol. The molecule has 0 aromatic heterocycles. The van der Waals surface area contributed by atoms with Gasteiger partial charge < -0.3 is 10.4 Å². The number of likely N-dealkylation sites (tertiary alicyclic amines) is 1. The molecule has 2 aromatic carbocycles. The number of nitrogens with zero attached hydrogens (tertiary/aromatic N) is 2. The molecule has 1 heterocycles. The van der Waals surface area contributed by atoms with E-state index in [1.165, 1.54) is 5.56 Å². The molecule has 0 radical (unpaired) electrons. The highest BCUT2D eigenvalue weighted by Crippen LogP contribution is 2.19. The van der Waals surface area contributed by atoms with Crippen LogP contribution in [0.1, 0.15) is 29.5 Å². The third-order valence-corrected chi connectivity index (χ3v) is 4.56. The van der Waals surface area contributed by atoms with Gasteiger partial charge in [0.05, 0.1) is 18.2 Å². The molecule has 0 unspecified atom stereocenters. The van der Waals surface area contributed by atoms with Gasteiger partial charge in [-0.25, -0.2) is 0 Å². The standard InChI is InChI=1S/C20H23N3O/c21-13-16-4-6-17(7-5-16)14-23-10-8-19(9-11-23)22-20-3-1-2-18(12-20)15-24/h1-7,12,19,22,24H,8-11,14-15H2. The molecule has 4 heteroatoms. The van der Waals surface area contributed by atoms with E-state index in [-0.39, 0.29) is 6.61 Å². The molecule has 1 saturated heterocycles. The predicted octanol–water partition coefficient (Wildman–Crippen LogP) is 3.13. The van der Waals surface area contributed by atoms with Crippen LogP contribution in [0.4, 0.5) is 5.69 Å². The largest absolute Gasteiger partial charge is 0.392 e. The van der Waals surface area contributed by atoms with Gasteiger partial charge in [-0.3, -0.25) is 4.90 Å². The topological polar surface area (TPSA) is 59.3 Å². The Labute approximate surface area is 143 Å². The van der Waals surface area contributed by atoms with Crippen LogP contribution in [0.15, 0.2) is 48.5 Å². The third-order valence-electron chi connectivity index (χ3n) is 4.56. The molecular formula is C20H23N3O. The summed E-state index contributed by atoms with van der Waals surface area (Å²) in [5.74, 6) is 0. The molecule has 4 nitrogen and oxygen atoms in total. The highest BCUT2D eigenvalue weighted by Gasteiger charge is 2.19. The number of aliphatic hydroxyl groups excluding tert-OH is 1. The number of aliphatic hydroxyl groups is 1. The maximum Gasteiger partial charge on any atom is 0.0991 e. The van der Waals surface area contributed by atoms with E-state index < -0.39 is 0 Å². The van der Waals surface area contributed by atoms with Crippen molar-refractivity contribution >= 4 is 5.69 Å². The van der Waals surface area contributed by atoms with E-state index in [9.17, 15) is 5.11 Å². The fourth-order valence-electron chi connectivity index (χ4n) is 3.17. The quantitative estimate of drug-likeness (QED) is 0.888. The van der Waals surface area contributed by atoms with Gasteiger partial charge in [0.2, 0.25) is 0 Å². The van der Waals surface area contributed by atoms with E-state index in [4.69, 9.17) is 5.26 Å². The Bertz CT molecular complexity index is 698. The van der Waals surface area contributed by atoms with Gasteiger partial charge in [0, 0.05) is 31.4 Å². The Kier molecular flexibility index (Phi) is 5.47. The average molecular weight is 321 g/mol. The van der Waals surface area contributed by atoms with Crippen LogP contribution in [-0.4, -0.2) is 29.1 Å². The molecule has 2 N–H and O–H groups in total. The van der Waals surface area contributed by atoms with Crippen LogP contribution >= 0.6 is 0 Å². The molecule has 0 atom stereocenters.